The summed E-state index contributed by atoms with van der Waals surface area (Å²) in [6.45, 7) is 2.14. The average Bonchev–Trinajstić information content (AvgIpc) is 3.61. The lowest BCUT2D eigenvalue weighted by Gasteiger charge is -2.12. The Bertz CT molecular complexity index is 1030. The van der Waals surface area contributed by atoms with Crippen molar-refractivity contribution < 1.29 is 57.4 Å². The Hall–Kier alpha value is -3.80. The van der Waals surface area contributed by atoms with Crippen LogP contribution in [0.25, 0.3) is 0 Å². The number of aromatic nitrogens is 3. The molecule has 0 N–H and O–H groups in total. The Morgan fingerprint density at radius 1 is 0.650 bits per heavy atom. The van der Waals surface area contributed by atoms with Crippen molar-refractivity contribution in [1.82, 2.24) is 25.1 Å². The first-order valence-corrected chi connectivity index (χ1v) is 12.7. The molecule has 3 rings (SSSR count). The molecule has 4 amide bonds. The maximum atomic E-state index is 11.7. The third kappa shape index (κ3) is 10.4. The normalized spacial score (nSPS) is 15.4. The van der Waals surface area contributed by atoms with Crippen molar-refractivity contribution in [2.45, 2.75) is 51.7 Å². The van der Waals surface area contributed by atoms with Crippen LogP contribution in [0, 0.1) is 0 Å². The van der Waals surface area contributed by atoms with Crippen molar-refractivity contribution >= 4 is 35.6 Å². The molecule has 17 heteroatoms. The van der Waals surface area contributed by atoms with E-state index in [1.54, 1.807) is 10.9 Å². The van der Waals surface area contributed by atoms with Crippen molar-refractivity contribution in [1.29, 1.82) is 0 Å². The highest BCUT2D eigenvalue weighted by Gasteiger charge is 2.33. The number of imide groups is 2. The van der Waals surface area contributed by atoms with E-state index in [0.717, 1.165) is 0 Å². The van der Waals surface area contributed by atoms with Gasteiger partial charge >= 0.3 is 11.9 Å². The SMILES string of the molecule is O=C(CCOCCOCCOCc1cn(CCOCCC(=O)ON2C(=O)CCC2=O)nn1)ON1C(=O)CCC1=O. The molecule has 0 aliphatic carbocycles. The third-order valence-electron chi connectivity index (χ3n) is 5.34. The topological polar surface area (TPSA) is 195 Å². The molecule has 1 aromatic rings. The minimum atomic E-state index is -0.727. The fourth-order valence-electron chi connectivity index (χ4n) is 3.31. The van der Waals surface area contributed by atoms with Gasteiger partial charge in [-0.05, 0) is 0 Å². The molecule has 2 saturated heterocycles. The smallest absolute Gasteiger partial charge is 0.335 e. The van der Waals surface area contributed by atoms with E-state index in [0.29, 0.717) is 35.6 Å². The van der Waals surface area contributed by atoms with E-state index < -0.39 is 35.6 Å². The van der Waals surface area contributed by atoms with Crippen LogP contribution < -0.4 is 0 Å². The summed E-state index contributed by atoms with van der Waals surface area (Å²) in [5.41, 5.74) is 0.607. The van der Waals surface area contributed by atoms with Gasteiger partial charge in [0.2, 0.25) is 0 Å². The molecule has 3 heterocycles. The van der Waals surface area contributed by atoms with E-state index in [4.69, 9.17) is 28.6 Å². The number of carbonyl (C=O) groups excluding carboxylic acids is 6. The molecule has 0 unspecified atom stereocenters. The molecule has 2 aliphatic rings. The van der Waals surface area contributed by atoms with Crippen molar-refractivity contribution in [2.24, 2.45) is 0 Å². The van der Waals surface area contributed by atoms with Crippen LogP contribution in [0.3, 0.4) is 0 Å². The Labute approximate surface area is 228 Å². The zero-order chi connectivity index (χ0) is 28.7. The van der Waals surface area contributed by atoms with Crippen LogP contribution in [-0.2, 0) is 70.5 Å². The molecular weight excluding hydrogens is 538 g/mol. The first-order valence-electron chi connectivity index (χ1n) is 12.7. The molecule has 2 aliphatic heterocycles. The van der Waals surface area contributed by atoms with E-state index in [1.165, 1.54) is 0 Å². The van der Waals surface area contributed by atoms with Gasteiger partial charge < -0.3 is 28.6 Å². The standard InChI is InChI=1S/C23H31N5O12/c29-18-1-2-19(30)27(18)39-22(33)5-8-35-10-7-26-15-17(24-25-26)16-38-14-13-37-12-11-36-9-6-23(34)40-28-20(31)3-4-21(28)32/h15H,1-14,16H2. The molecule has 2 fully saturated rings. The third-order valence-corrected chi connectivity index (χ3v) is 5.34. The van der Waals surface area contributed by atoms with Gasteiger partial charge in [-0.3, -0.25) is 19.2 Å². The maximum absolute atomic E-state index is 11.7. The Balaban J connectivity index is 1.11. The lowest BCUT2D eigenvalue weighted by Crippen LogP contribution is -2.32. The fraction of sp³-hybridized carbons (Fsp3) is 0.652. The van der Waals surface area contributed by atoms with Crippen LogP contribution in [0.1, 0.15) is 44.2 Å². The number of nitrogens with zero attached hydrogens (tertiary/aromatic N) is 5. The fourth-order valence-corrected chi connectivity index (χ4v) is 3.31. The van der Waals surface area contributed by atoms with Gasteiger partial charge in [-0.25, -0.2) is 14.3 Å². The quantitative estimate of drug-likeness (QED) is 0.143. The largest absolute Gasteiger partial charge is 0.379 e. The highest BCUT2D eigenvalue weighted by atomic mass is 16.7. The molecule has 0 radical (unpaired) electrons. The molecule has 0 atom stereocenters. The van der Waals surface area contributed by atoms with Crippen LogP contribution in [0.4, 0.5) is 0 Å². The summed E-state index contributed by atoms with van der Waals surface area (Å²) in [6, 6.07) is 0. The highest BCUT2D eigenvalue weighted by molar-refractivity contribution is 6.02. The molecule has 1 aromatic heterocycles. The monoisotopic (exact) mass is 569 g/mol. The number of hydroxylamine groups is 4. The van der Waals surface area contributed by atoms with E-state index in [-0.39, 0.29) is 78.2 Å². The van der Waals surface area contributed by atoms with Gasteiger partial charge in [-0.2, -0.15) is 0 Å². The molecule has 40 heavy (non-hydrogen) atoms. The van der Waals surface area contributed by atoms with Gasteiger partial charge in [0, 0.05) is 25.7 Å². The average molecular weight is 570 g/mol. The summed E-state index contributed by atoms with van der Waals surface area (Å²) in [7, 11) is 0. The zero-order valence-electron chi connectivity index (χ0n) is 21.8. The summed E-state index contributed by atoms with van der Waals surface area (Å²) in [4.78, 5) is 78.4. The lowest BCUT2D eigenvalue weighted by molar-refractivity contribution is -0.198. The predicted molar refractivity (Wildman–Crippen MR) is 126 cm³/mol. The minimum absolute atomic E-state index is 0.0387. The van der Waals surface area contributed by atoms with E-state index >= 15 is 0 Å². The van der Waals surface area contributed by atoms with Crippen LogP contribution in [-0.4, -0.2) is 107 Å². The van der Waals surface area contributed by atoms with Crippen molar-refractivity contribution in [3.8, 4) is 0 Å². The summed E-state index contributed by atoms with van der Waals surface area (Å²) in [5, 5.41) is 8.94. The second-order valence-electron chi connectivity index (χ2n) is 8.45. The maximum Gasteiger partial charge on any atom is 0.335 e. The van der Waals surface area contributed by atoms with Gasteiger partial charge in [-0.1, -0.05) is 5.21 Å². The molecule has 0 aromatic carbocycles. The number of hydrogen-bond acceptors (Lipinski definition) is 14. The summed E-state index contributed by atoms with van der Waals surface area (Å²) < 4.78 is 23.0. The zero-order valence-corrected chi connectivity index (χ0v) is 21.8. The van der Waals surface area contributed by atoms with E-state index in [2.05, 4.69) is 10.3 Å². The molecule has 0 bridgehead atoms. The second-order valence-corrected chi connectivity index (χ2v) is 8.45. The van der Waals surface area contributed by atoms with Crippen molar-refractivity contribution in [3.63, 3.8) is 0 Å². The van der Waals surface area contributed by atoms with E-state index in [1.807, 2.05) is 0 Å². The highest BCUT2D eigenvalue weighted by Crippen LogP contribution is 2.13. The lowest BCUT2D eigenvalue weighted by atomic mass is 10.4. The number of rotatable bonds is 19. The van der Waals surface area contributed by atoms with Gasteiger partial charge in [0.15, 0.2) is 0 Å². The summed E-state index contributed by atoms with van der Waals surface area (Å²) in [6.07, 6.45) is 1.64. The Morgan fingerprint density at radius 3 is 1.62 bits per heavy atom. The van der Waals surface area contributed by atoms with Crippen molar-refractivity contribution in [3.05, 3.63) is 11.9 Å². The van der Waals surface area contributed by atoms with Gasteiger partial charge in [0.05, 0.1) is 78.4 Å². The van der Waals surface area contributed by atoms with Crippen LogP contribution >= 0.6 is 0 Å². The molecular formula is C23H31N5O12. The first-order chi connectivity index (χ1) is 19.3. The van der Waals surface area contributed by atoms with Crippen LogP contribution in [0.5, 0.6) is 0 Å². The van der Waals surface area contributed by atoms with Gasteiger partial charge in [0.25, 0.3) is 23.6 Å². The number of hydrogen-bond donors (Lipinski definition) is 0. The summed E-state index contributed by atoms with van der Waals surface area (Å²) >= 11 is 0. The number of carbonyl (C=O) groups is 6. The predicted octanol–water partition coefficient (Wildman–Crippen LogP) is -1.16. The molecule has 17 nitrogen and oxygen atoms in total. The van der Waals surface area contributed by atoms with Crippen molar-refractivity contribution in [2.75, 3.05) is 46.2 Å². The number of amides is 4. The number of ether oxygens (including phenoxy) is 4. The molecule has 220 valence electrons. The van der Waals surface area contributed by atoms with Gasteiger partial charge in [0.1, 0.15) is 5.69 Å². The first kappa shape index (κ1) is 30.7. The Kier molecular flexibility index (Phi) is 12.6. The van der Waals surface area contributed by atoms with Crippen LogP contribution in [0.15, 0.2) is 6.20 Å². The molecule has 0 spiro atoms. The summed E-state index contributed by atoms with van der Waals surface area (Å²) in [5.74, 6) is -3.57. The van der Waals surface area contributed by atoms with E-state index in [9.17, 15) is 28.8 Å². The second kappa shape index (κ2) is 16.3. The minimum Gasteiger partial charge on any atom is -0.379 e. The Morgan fingerprint density at radius 2 is 1.10 bits per heavy atom. The molecule has 0 saturated carbocycles. The van der Waals surface area contributed by atoms with Crippen LogP contribution in [0.2, 0.25) is 0 Å². The van der Waals surface area contributed by atoms with Gasteiger partial charge in [-0.15, -0.1) is 15.2 Å².